The molecule has 0 aromatic heterocycles. The van der Waals surface area contributed by atoms with E-state index in [1.165, 1.54) is 19.3 Å². The van der Waals surface area contributed by atoms with E-state index < -0.39 is 0 Å². The lowest BCUT2D eigenvalue weighted by Crippen LogP contribution is -2.46. The zero-order chi connectivity index (χ0) is 9.03. The Bertz CT molecular complexity index is 164. The number of hydrogen-bond donors (Lipinski definition) is 1. The first-order chi connectivity index (χ1) is 5.66. The maximum absolute atomic E-state index is 11.2. The molecule has 0 unspecified atom stereocenters. The van der Waals surface area contributed by atoms with Gasteiger partial charge in [0.25, 0.3) is 0 Å². The van der Waals surface area contributed by atoms with Crippen molar-refractivity contribution < 1.29 is 6.22 Å². The molecule has 0 atom stereocenters. The summed E-state index contributed by atoms with van der Waals surface area (Å²) in [5, 5.41) is 3.11. The van der Waals surface area contributed by atoms with Gasteiger partial charge in [0.2, 0.25) is 5.91 Å². The lowest BCUT2D eigenvalue weighted by Gasteiger charge is -2.34. The third-order valence-electron chi connectivity index (χ3n) is 2.72. The van der Waals surface area contributed by atoms with E-state index in [0.29, 0.717) is 6.42 Å². The number of amides is 1. The Labute approximate surface area is 76.2 Å². The fourth-order valence-electron chi connectivity index (χ4n) is 1.88. The molecule has 0 radical (unpaired) electrons. The van der Waals surface area contributed by atoms with E-state index in [1.807, 2.05) is 6.92 Å². The molecular formula is C10H21NO. The van der Waals surface area contributed by atoms with Gasteiger partial charge >= 0.3 is 0 Å². The topological polar surface area (TPSA) is 29.1 Å². The highest BCUT2D eigenvalue weighted by atomic mass is 16.1. The average molecular weight is 171 g/mol. The summed E-state index contributed by atoms with van der Waals surface area (Å²) >= 11 is 0. The van der Waals surface area contributed by atoms with Gasteiger partial charge in [0.15, 0.2) is 0 Å². The second-order valence-electron chi connectivity index (χ2n) is 4.02. The van der Waals surface area contributed by atoms with E-state index in [1.54, 1.807) is 0 Å². The standard InChI is InChI=1S/C10H19NO.H2/c1-3-9(12)11-10(2)7-5-4-6-8-10;/h3-8H2,1-2H3,(H,11,12);1H. The zero-order valence-corrected chi connectivity index (χ0v) is 8.15. The minimum atomic E-state index is 0. The molecule has 2 nitrogen and oxygen atoms in total. The van der Waals surface area contributed by atoms with Crippen molar-refractivity contribution in [1.29, 1.82) is 0 Å². The average Bonchev–Trinajstić information content (AvgIpc) is 2.05. The minimum Gasteiger partial charge on any atom is -0.351 e. The van der Waals surface area contributed by atoms with Crippen molar-refractivity contribution in [2.24, 2.45) is 0 Å². The molecule has 12 heavy (non-hydrogen) atoms. The normalized spacial score (nSPS) is 21.8. The summed E-state index contributed by atoms with van der Waals surface area (Å²) in [4.78, 5) is 11.2. The second kappa shape index (κ2) is 3.92. The molecule has 0 aromatic carbocycles. The summed E-state index contributed by atoms with van der Waals surface area (Å²) < 4.78 is 0. The fraction of sp³-hybridized carbons (Fsp3) is 0.900. The van der Waals surface area contributed by atoms with Crippen LogP contribution in [-0.4, -0.2) is 11.4 Å². The SMILES string of the molecule is CCC(=O)NC1(C)CCCCC1.[HH]. The molecule has 1 fully saturated rings. The van der Waals surface area contributed by atoms with E-state index in [2.05, 4.69) is 12.2 Å². The predicted molar refractivity (Wildman–Crippen MR) is 52.0 cm³/mol. The molecule has 0 aliphatic heterocycles. The highest BCUT2D eigenvalue weighted by Gasteiger charge is 2.27. The van der Waals surface area contributed by atoms with Crippen molar-refractivity contribution in [3.05, 3.63) is 0 Å². The van der Waals surface area contributed by atoms with Crippen LogP contribution in [0.4, 0.5) is 0 Å². The quantitative estimate of drug-likeness (QED) is 0.679. The van der Waals surface area contributed by atoms with Crippen LogP contribution >= 0.6 is 0 Å². The zero-order valence-electron chi connectivity index (χ0n) is 8.15. The van der Waals surface area contributed by atoms with Gasteiger partial charge in [-0.2, -0.15) is 0 Å². The molecule has 1 amide bonds. The molecule has 0 heterocycles. The van der Waals surface area contributed by atoms with Crippen LogP contribution in [0.25, 0.3) is 0 Å². The maximum Gasteiger partial charge on any atom is 0.220 e. The summed E-state index contributed by atoms with van der Waals surface area (Å²) in [6.45, 7) is 4.07. The Balaban J connectivity index is 0.00000144. The number of nitrogens with one attached hydrogen (secondary N) is 1. The Hall–Kier alpha value is -0.530. The summed E-state index contributed by atoms with van der Waals surface area (Å²) in [6.07, 6.45) is 6.77. The Kier molecular flexibility index (Phi) is 3.12. The van der Waals surface area contributed by atoms with Crippen LogP contribution in [0.5, 0.6) is 0 Å². The highest BCUT2D eigenvalue weighted by Crippen LogP contribution is 2.27. The fourth-order valence-corrected chi connectivity index (χ4v) is 1.88. The summed E-state index contributed by atoms with van der Waals surface area (Å²) in [5.41, 5.74) is 0.103. The molecule has 2 heteroatoms. The predicted octanol–water partition coefficient (Wildman–Crippen LogP) is 2.48. The number of hydrogen-bond acceptors (Lipinski definition) is 1. The van der Waals surface area contributed by atoms with Crippen LogP contribution < -0.4 is 5.32 Å². The van der Waals surface area contributed by atoms with Gasteiger partial charge < -0.3 is 5.32 Å². The van der Waals surface area contributed by atoms with E-state index >= 15 is 0 Å². The molecule has 1 N–H and O–H groups in total. The molecule has 72 valence electrons. The maximum atomic E-state index is 11.2. The van der Waals surface area contributed by atoms with Crippen molar-refractivity contribution in [3.63, 3.8) is 0 Å². The largest absolute Gasteiger partial charge is 0.351 e. The first-order valence-electron chi connectivity index (χ1n) is 4.97. The smallest absolute Gasteiger partial charge is 0.220 e. The van der Waals surface area contributed by atoms with Gasteiger partial charge in [0, 0.05) is 13.4 Å². The lowest BCUT2D eigenvalue weighted by atomic mass is 9.83. The number of carbonyl (C=O) groups is 1. The highest BCUT2D eigenvalue weighted by molar-refractivity contribution is 5.76. The summed E-state index contributed by atoms with van der Waals surface area (Å²) in [6, 6.07) is 0. The van der Waals surface area contributed by atoms with Gasteiger partial charge in [-0.15, -0.1) is 0 Å². The van der Waals surface area contributed by atoms with Crippen LogP contribution in [0, 0.1) is 0 Å². The molecule has 1 rings (SSSR count). The Morgan fingerprint density at radius 3 is 2.50 bits per heavy atom. The van der Waals surface area contributed by atoms with Crippen molar-refractivity contribution in [1.82, 2.24) is 5.32 Å². The Morgan fingerprint density at radius 1 is 1.42 bits per heavy atom. The van der Waals surface area contributed by atoms with Crippen molar-refractivity contribution in [3.8, 4) is 0 Å². The van der Waals surface area contributed by atoms with Crippen LogP contribution in [0.1, 0.15) is 53.8 Å². The Morgan fingerprint density at radius 2 is 2.00 bits per heavy atom. The molecule has 1 aliphatic carbocycles. The number of carbonyl (C=O) groups excluding carboxylic acids is 1. The van der Waals surface area contributed by atoms with Crippen LogP contribution in [0.15, 0.2) is 0 Å². The van der Waals surface area contributed by atoms with Crippen molar-refractivity contribution in [2.75, 3.05) is 0 Å². The monoisotopic (exact) mass is 171 g/mol. The third kappa shape index (κ3) is 2.50. The molecule has 0 saturated heterocycles. The van der Waals surface area contributed by atoms with Gasteiger partial charge in [-0.25, -0.2) is 0 Å². The minimum absolute atomic E-state index is 0. The van der Waals surface area contributed by atoms with E-state index in [9.17, 15) is 4.79 Å². The van der Waals surface area contributed by atoms with Gasteiger partial charge in [0.1, 0.15) is 0 Å². The molecule has 0 aromatic rings. The second-order valence-corrected chi connectivity index (χ2v) is 4.02. The third-order valence-corrected chi connectivity index (χ3v) is 2.72. The lowest BCUT2D eigenvalue weighted by molar-refractivity contribution is -0.122. The van der Waals surface area contributed by atoms with Gasteiger partial charge in [0.05, 0.1) is 0 Å². The molecule has 0 bridgehead atoms. The molecule has 1 aliphatic rings. The van der Waals surface area contributed by atoms with E-state index in [-0.39, 0.29) is 12.9 Å². The van der Waals surface area contributed by atoms with Crippen molar-refractivity contribution >= 4 is 5.91 Å². The molecular weight excluding hydrogens is 150 g/mol. The first-order valence-corrected chi connectivity index (χ1v) is 4.97. The summed E-state index contributed by atoms with van der Waals surface area (Å²) in [7, 11) is 0. The summed E-state index contributed by atoms with van der Waals surface area (Å²) in [5.74, 6) is 0.194. The van der Waals surface area contributed by atoms with Crippen LogP contribution in [0.3, 0.4) is 0 Å². The van der Waals surface area contributed by atoms with Crippen molar-refractivity contribution in [2.45, 2.75) is 57.9 Å². The van der Waals surface area contributed by atoms with Gasteiger partial charge in [-0.05, 0) is 19.8 Å². The van der Waals surface area contributed by atoms with Gasteiger partial charge in [-0.1, -0.05) is 26.2 Å². The first kappa shape index (κ1) is 9.56. The van der Waals surface area contributed by atoms with E-state index in [0.717, 1.165) is 12.8 Å². The molecule has 1 saturated carbocycles. The number of rotatable bonds is 2. The molecule has 0 spiro atoms. The van der Waals surface area contributed by atoms with Gasteiger partial charge in [-0.3, -0.25) is 4.79 Å². The van der Waals surface area contributed by atoms with Crippen LogP contribution in [0.2, 0.25) is 0 Å². The van der Waals surface area contributed by atoms with Crippen LogP contribution in [-0.2, 0) is 4.79 Å². The van der Waals surface area contributed by atoms with E-state index in [4.69, 9.17) is 0 Å².